The Balaban J connectivity index is 1.41. The summed E-state index contributed by atoms with van der Waals surface area (Å²) in [6.45, 7) is 6.87. The fourth-order valence-electron chi connectivity index (χ4n) is 4.93. The van der Waals surface area contributed by atoms with Gasteiger partial charge in [0.25, 0.3) is 5.56 Å². The molecule has 2 aromatic heterocycles. The highest BCUT2D eigenvalue weighted by Crippen LogP contribution is 2.23. The highest BCUT2D eigenvalue weighted by molar-refractivity contribution is 5.76. The normalized spacial score (nSPS) is 14.3. The molecule has 2 aromatic carbocycles. The van der Waals surface area contributed by atoms with Crippen LogP contribution >= 0.6 is 0 Å². The van der Waals surface area contributed by atoms with E-state index in [1.165, 1.54) is 16.7 Å². The van der Waals surface area contributed by atoms with Gasteiger partial charge in [0, 0.05) is 31.3 Å². The molecule has 42 heavy (non-hydrogen) atoms. The van der Waals surface area contributed by atoms with Crippen molar-refractivity contribution in [3.05, 3.63) is 88.0 Å². The molecule has 1 saturated heterocycles. The van der Waals surface area contributed by atoms with Gasteiger partial charge in [-0.15, -0.1) is 0 Å². The van der Waals surface area contributed by atoms with Crippen LogP contribution in [0.4, 0.5) is 23.8 Å². The van der Waals surface area contributed by atoms with E-state index < -0.39 is 28.6 Å². The molecule has 0 bridgehead atoms. The zero-order valence-electron chi connectivity index (χ0n) is 23.7. The number of carbonyl (C=O) groups excluding carboxylic acids is 1. The van der Waals surface area contributed by atoms with E-state index in [1.807, 2.05) is 20.8 Å². The summed E-state index contributed by atoms with van der Waals surface area (Å²) in [5.41, 5.74) is 0.929. The van der Waals surface area contributed by atoms with Crippen LogP contribution < -0.4 is 10.9 Å². The molecule has 1 aliphatic heterocycles. The number of hydrogen-bond donors (Lipinski definition) is 1. The number of amides is 1. The van der Waals surface area contributed by atoms with Gasteiger partial charge in [0.05, 0.1) is 12.2 Å². The maximum atomic E-state index is 14.0. The number of halogens is 3. The molecule has 220 valence electrons. The zero-order valence-corrected chi connectivity index (χ0v) is 23.7. The van der Waals surface area contributed by atoms with Gasteiger partial charge in [-0.2, -0.15) is 0 Å². The summed E-state index contributed by atoms with van der Waals surface area (Å²) in [4.78, 5) is 36.9. The molecule has 1 aliphatic rings. The fourth-order valence-corrected chi connectivity index (χ4v) is 4.93. The van der Waals surface area contributed by atoms with Crippen molar-refractivity contribution in [1.29, 1.82) is 0 Å². The van der Waals surface area contributed by atoms with Crippen molar-refractivity contribution in [3.8, 4) is 11.3 Å². The van der Waals surface area contributed by atoms with Crippen LogP contribution in [0.25, 0.3) is 22.4 Å². The van der Waals surface area contributed by atoms with E-state index in [2.05, 4.69) is 15.3 Å². The number of benzene rings is 2. The molecule has 0 atom stereocenters. The molecule has 4 aromatic rings. The van der Waals surface area contributed by atoms with E-state index in [4.69, 9.17) is 4.74 Å². The van der Waals surface area contributed by atoms with Gasteiger partial charge in [0.15, 0.2) is 11.5 Å². The highest BCUT2D eigenvalue weighted by atomic mass is 19.1. The van der Waals surface area contributed by atoms with Crippen molar-refractivity contribution in [2.24, 2.45) is 5.92 Å². The minimum atomic E-state index is -0.757. The van der Waals surface area contributed by atoms with Crippen molar-refractivity contribution in [2.75, 3.05) is 25.0 Å². The lowest BCUT2D eigenvalue weighted by Gasteiger charge is -2.33. The average Bonchev–Trinajstić information content (AvgIpc) is 2.93. The third-order valence-electron chi connectivity index (χ3n) is 7.02. The third-order valence-corrected chi connectivity index (χ3v) is 7.02. The minimum Gasteiger partial charge on any atom is -0.444 e. The van der Waals surface area contributed by atoms with Gasteiger partial charge in [-0.25, -0.2) is 27.9 Å². The maximum absolute atomic E-state index is 14.0. The van der Waals surface area contributed by atoms with Crippen molar-refractivity contribution in [3.63, 3.8) is 0 Å². The summed E-state index contributed by atoms with van der Waals surface area (Å²) in [5.74, 6) is -1.63. The second-order valence-corrected chi connectivity index (χ2v) is 11.5. The molecule has 0 saturated carbocycles. The zero-order chi connectivity index (χ0) is 30.0. The molecular weight excluding hydrogens is 547 g/mol. The fraction of sp³-hybridized carbons (Fsp3) is 0.355. The Morgan fingerprint density at radius 3 is 2.26 bits per heavy atom. The summed E-state index contributed by atoms with van der Waals surface area (Å²) in [7, 11) is 0. The molecule has 8 nitrogen and oxygen atoms in total. The number of likely N-dealkylation sites (tertiary alicyclic amines) is 1. The van der Waals surface area contributed by atoms with Gasteiger partial charge < -0.3 is 15.0 Å². The number of fused-ring (bicyclic) bond motifs is 1. The molecule has 1 fully saturated rings. The lowest BCUT2D eigenvalue weighted by Crippen LogP contribution is -2.42. The molecule has 5 rings (SSSR count). The Hall–Kier alpha value is -4.41. The van der Waals surface area contributed by atoms with E-state index >= 15 is 0 Å². The van der Waals surface area contributed by atoms with Crippen LogP contribution in [0.15, 0.2) is 59.4 Å². The van der Waals surface area contributed by atoms with Crippen molar-refractivity contribution < 1.29 is 22.7 Å². The lowest BCUT2D eigenvalue weighted by molar-refractivity contribution is 0.0188. The lowest BCUT2D eigenvalue weighted by atomic mass is 9.97. The number of pyridine rings is 1. The first-order chi connectivity index (χ1) is 19.9. The van der Waals surface area contributed by atoms with E-state index in [1.54, 1.807) is 29.2 Å². The van der Waals surface area contributed by atoms with Crippen LogP contribution in [-0.4, -0.2) is 50.8 Å². The van der Waals surface area contributed by atoms with Crippen LogP contribution in [0.1, 0.15) is 39.2 Å². The van der Waals surface area contributed by atoms with Crippen molar-refractivity contribution in [1.82, 2.24) is 19.4 Å². The SMILES string of the molecule is CC(C)(C)OC(=O)N1CCC(CNc2nc3ccc(-c4ccc(F)cc4)nc3n(Cc3cc(F)cc(F)c3)c2=O)CC1. The third kappa shape index (κ3) is 6.89. The Kier molecular flexibility index (Phi) is 8.20. The molecule has 0 unspecified atom stereocenters. The summed E-state index contributed by atoms with van der Waals surface area (Å²) < 4.78 is 48.3. The predicted octanol–water partition coefficient (Wildman–Crippen LogP) is 5.98. The predicted molar refractivity (Wildman–Crippen MR) is 154 cm³/mol. The van der Waals surface area contributed by atoms with Gasteiger partial charge in [0.1, 0.15) is 28.6 Å². The number of carbonyl (C=O) groups is 1. The quantitative estimate of drug-likeness (QED) is 0.302. The van der Waals surface area contributed by atoms with E-state index in [9.17, 15) is 22.8 Å². The van der Waals surface area contributed by atoms with Gasteiger partial charge in [-0.3, -0.25) is 9.36 Å². The Morgan fingerprint density at radius 1 is 0.952 bits per heavy atom. The maximum Gasteiger partial charge on any atom is 0.410 e. The molecule has 0 aliphatic carbocycles. The van der Waals surface area contributed by atoms with Gasteiger partial charge in [-0.1, -0.05) is 0 Å². The van der Waals surface area contributed by atoms with Crippen LogP contribution in [0.3, 0.4) is 0 Å². The second kappa shape index (κ2) is 11.8. The van der Waals surface area contributed by atoms with Crippen LogP contribution in [0.5, 0.6) is 0 Å². The monoisotopic (exact) mass is 579 g/mol. The molecule has 0 radical (unpaired) electrons. The first-order valence-corrected chi connectivity index (χ1v) is 13.8. The van der Waals surface area contributed by atoms with Crippen LogP contribution in [-0.2, 0) is 11.3 Å². The largest absolute Gasteiger partial charge is 0.444 e. The Bertz CT molecular complexity index is 1640. The average molecular weight is 580 g/mol. The number of piperidine rings is 1. The van der Waals surface area contributed by atoms with Crippen LogP contribution in [0.2, 0.25) is 0 Å². The number of aromatic nitrogens is 3. The number of rotatable bonds is 6. The van der Waals surface area contributed by atoms with E-state index in [0.717, 1.165) is 31.0 Å². The Morgan fingerprint density at radius 2 is 1.62 bits per heavy atom. The molecule has 11 heteroatoms. The standard InChI is InChI=1S/C31H32F3N5O3/c1-31(2,3)42-30(41)38-12-10-19(11-13-38)17-35-27-29(40)39(18-20-14-23(33)16-24(34)15-20)28-26(36-27)9-8-25(37-28)21-4-6-22(32)7-5-21/h4-9,14-16,19H,10-13,17-18H2,1-3H3,(H,35,36). The minimum absolute atomic E-state index is 0.0882. The van der Waals surface area contributed by atoms with Gasteiger partial charge in [0.2, 0.25) is 0 Å². The first kappa shape index (κ1) is 29.1. The summed E-state index contributed by atoms with van der Waals surface area (Å²) in [5, 5.41) is 3.16. The molecule has 1 N–H and O–H groups in total. The number of hydrogen-bond acceptors (Lipinski definition) is 6. The van der Waals surface area contributed by atoms with Gasteiger partial charge >= 0.3 is 6.09 Å². The number of anilines is 1. The van der Waals surface area contributed by atoms with E-state index in [0.29, 0.717) is 36.4 Å². The topological polar surface area (TPSA) is 89.3 Å². The molecule has 1 amide bonds. The van der Waals surface area contributed by atoms with Crippen LogP contribution in [0, 0.1) is 23.4 Å². The number of ether oxygens (including phenoxy) is 1. The Labute approximate surface area is 241 Å². The molecular formula is C31H32F3N5O3. The summed E-state index contributed by atoms with van der Waals surface area (Å²) in [6, 6.07) is 12.3. The summed E-state index contributed by atoms with van der Waals surface area (Å²) >= 11 is 0. The van der Waals surface area contributed by atoms with E-state index in [-0.39, 0.29) is 35.6 Å². The summed E-state index contributed by atoms with van der Waals surface area (Å²) in [6.07, 6.45) is 1.10. The smallest absolute Gasteiger partial charge is 0.410 e. The molecule has 3 heterocycles. The number of nitrogens with zero attached hydrogens (tertiary/aromatic N) is 4. The highest BCUT2D eigenvalue weighted by Gasteiger charge is 2.27. The molecule has 0 spiro atoms. The van der Waals surface area contributed by atoms with Gasteiger partial charge in [-0.05, 0) is 93.6 Å². The van der Waals surface area contributed by atoms with Crippen molar-refractivity contribution >= 4 is 23.1 Å². The first-order valence-electron chi connectivity index (χ1n) is 13.8. The number of nitrogens with one attached hydrogen (secondary N) is 1. The second-order valence-electron chi connectivity index (χ2n) is 11.5. The van der Waals surface area contributed by atoms with Crippen molar-refractivity contribution in [2.45, 2.75) is 45.8 Å².